The number of methoxy groups -OCH3 is 1. The van der Waals surface area contributed by atoms with E-state index < -0.39 is 11.6 Å². The zero-order valence-electron chi connectivity index (χ0n) is 22.7. The summed E-state index contributed by atoms with van der Waals surface area (Å²) in [6.07, 6.45) is 0.645. The number of aromatic nitrogens is 1. The van der Waals surface area contributed by atoms with Gasteiger partial charge in [-0.15, -0.1) is 0 Å². The van der Waals surface area contributed by atoms with Crippen molar-refractivity contribution in [3.05, 3.63) is 94.7 Å². The molecule has 1 amide bonds. The fourth-order valence-electron chi connectivity index (χ4n) is 4.54. The molecule has 0 aliphatic carbocycles. The number of hydrogen-bond acceptors (Lipinski definition) is 4. The van der Waals surface area contributed by atoms with Crippen LogP contribution in [0.2, 0.25) is 0 Å². The smallest absolute Gasteiger partial charge is 0.347 e. The van der Waals surface area contributed by atoms with Crippen molar-refractivity contribution in [3.63, 3.8) is 0 Å². The molecule has 7 nitrogen and oxygen atoms in total. The van der Waals surface area contributed by atoms with Gasteiger partial charge in [0.25, 0.3) is 5.91 Å². The Balaban J connectivity index is 1.57. The van der Waals surface area contributed by atoms with Gasteiger partial charge in [0.15, 0.2) is 5.60 Å². The molecule has 0 saturated carbocycles. The first-order chi connectivity index (χ1) is 18.0. The van der Waals surface area contributed by atoms with Crippen molar-refractivity contribution in [3.8, 4) is 11.5 Å². The summed E-state index contributed by atoms with van der Waals surface area (Å²) in [5.41, 5.74) is 4.45. The normalized spacial score (nSPS) is 12.3. The highest BCUT2D eigenvalue weighted by atomic mass is 16.5. The summed E-state index contributed by atoms with van der Waals surface area (Å²) in [6.45, 7) is 7.07. The Labute approximate surface area is 223 Å². The molecular formula is C31H34N2O5. The Morgan fingerprint density at radius 2 is 1.74 bits per heavy atom. The second-order valence-electron chi connectivity index (χ2n) is 10.1. The molecule has 0 aliphatic rings. The Bertz CT molecular complexity index is 1500. The molecule has 1 aromatic heterocycles. The number of carbonyl (C=O) groups excluding carboxylic acids is 1. The van der Waals surface area contributed by atoms with E-state index in [4.69, 9.17) is 9.47 Å². The van der Waals surface area contributed by atoms with Crippen LogP contribution in [0.5, 0.6) is 11.5 Å². The van der Waals surface area contributed by atoms with E-state index in [9.17, 15) is 14.7 Å². The molecule has 1 atom stereocenters. The van der Waals surface area contributed by atoms with E-state index in [0.717, 1.165) is 39.0 Å². The molecule has 0 bridgehead atoms. The monoisotopic (exact) mass is 514 g/mol. The summed E-state index contributed by atoms with van der Waals surface area (Å²) in [5.74, 6) is 0.0930. The predicted octanol–water partition coefficient (Wildman–Crippen LogP) is 5.82. The van der Waals surface area contributed by atoms with Gasteiger partial charge in [-0.05, 0) is 87.2 Å². The molecule has 1 heterocycles. The summed E-state index contributed by atoms with van der Waals surface area (Å²) in [6, 6.07) is 20.8. The van der Waals surface area contributed by atoms with Gasteiger partial charge in [0.2, 0.25) is 0 Å². The van der Waals surface area contributed by atoms with Gasteiger partial charge in [0.05, 0.1) is 13.2 Å². The third-order valence-electron chi connectivity index (χ3n) is 7.00. The van der Waals surface area contributed by atoms with E-state index in [1.165, 1.54) is 13.8 Å². The number of carbonyl (C=O) groups is 2. The lowest BCUT2D eigenvalue weighted by Gasteiger charge is -2.21. The summed E-state index contributed by atoms with van der Waals surface area (Å²) < 4.78 is 13.1. The summed E-state index contributed by atoms with van der Waals surface area (Å²) in [4.78, 5) is 24.6. The average molecular weight is 515 g/mol. The number of nitrogens with zero attached hydrogens (tertiary/aromatic N) is 1. The maximum absolute atomic E-state index is 13.1. The van der Waals surface area contributed by atoms with Crippen molar-refractivity contribution < 1.29 is 24.2 Å². The Morgan fingerprint density at radius 1 is 1.03 bits per heavy atom. The van der Waals surface area contributed by atoms with Gasteiger partial charge in [0.1, 0.15) is 11.5 Å². The van der Waals surface area contributed by atoms with E-state index in [2.05, 4.69) is 16.8 Å². The molecule has 38 heavy (non-hydrogen) atoms. The SMILES string of the molecule is COc1cccc([C@H](C)NC(=O)c2ccc3c(Cc4cccc(OC(C)(C)C(=O)O)c4)c(C)n(C)c3c2)c1. The van der Waals surface area contributed by atoms with Crippen LogP contribution in [0.4, 0.5) is 0 Å². The number of hydrogen-bond donors (Lipinski definition) is 2. The molecule has 0 radical (unpaired) electrons. The van der Waals surface area contributed by atoms with Crippen LogP contribution in [0.15, 0.2) is 66.7 Å². The largest absolute Gasteiger partial charge is 0.497 e. The molecule has 198 valence electrons. The highest BCUT2D eigenvalue weighted by molar-refractivity contribution is 5.99. The minimum Gasteiger partial charge on any atom is -0.497 e. The van der Waals surface area contributed by atoms with Gasteiger partial charge in [-0.2, -0.15) is 0 Å². The van der Waals surface area contributed by atoms with Crippen molar-refractivity contribution in [1.29, 1.82) is 0 Å². The number of amides is 1. The number of nitrogens with one attached hydrogen (secondary N) is 1. The number of benzene rings is 3. The molecule has 4 rings (SSSR count). The first-order valence-corrected chi connectivity index (χ1v) is 12.5. The minimum absolute atomic E-state index is 0.145. The van der Waals surface area contributed by atoms with Gasteiger partial charge in [-0.1, -0.05) is 30.3 Å². The van der Waals surface area contributed by atoms with Gasteiger partial charge in [0, 0.05) is 29.2 Å². The topological polar surface area (TPSA) is 89.8 Å². The molecule has 0 saturated heterocycles. The van der Waals surface area contributed by atoms with Crippen LogP contribution in [0.25, 0.3) is 10.9 Å². The van der Waals surface area contributed by atoms with Crippen molar-refractivity contribution in [1.82, 2.24) is 9.88 Å². The number of fused-ring (bicyclic) bond motifs is 1. The zero-order valence-corrected chi connectivity index (χ0v) is 22.7. The highest BCUT2D eigenvalue weighted by Gasteiger charge is 2.29. The number of carboxylic acid groups (broad SMARTS) is 1. The van der Waals surface area contributed by atoms with E-state index in [-0.39, 0.29) is 11.9 Å². The van der Waals surface area contributed by atoms with E-state index in [0.29, 0.717) is 17.7 Å². The number of aliphatic carboxylic acids is 1. The van der Waals surface area contributed by atoms with Crippen LogP contribution < -0.4 is 14.8 Å². The molecule has 4 aromatic rings. The van der Waals surface area contributed by atoms with E-state index in [1.807, 2.05) is 74.6 Å². The second kappa shape index (κ2) is 10.6. The average Bonchev–Trinajstić information content (AvgIpc) is 3.12. The summed E-state index contributed by atoms with van der Waals surface area (Å²) in [7, 11) is 3.62. The Kier molecular flexibility index (Phi) is 7.49. The number of aryl methyl sites for hydroxylation is 1. The lowest BCUT2D eigenvalue weighted by Crippen LogP contribution is -2.37. The van der Waals surface area contributed by atoms with Crippen LogP contribution in [0, 0.1) is 6.92 Å². The fraction of sp³-hybridized carbons (Fsp3) is 0.290. The Hall–Kier alpha value is -4.26. The summed E-state index contributed by atoms with van der Waals surface area (Å²) in [5, 5.41) is 13.5. The van der Waals surface area contributed by atoms with Crippen LogP contribution in [0.1, 0.15) is 59.6 Å². The van der Waals surface area contributed by atoms with Crippen molar-refractivity contribution in [2.24, 2.45) is 7.05 Å². The number of carboxylic acids is 1. The van der Waals surface area contributed by atoms with Crippen molar-refractivity contribution >= 4 is 22.8 Å². The molecular weight excluding hydrogens is 480 g/mol. The lowest BCUT2D eigenvalue weighted by atomic mass is 10.0. The molecule has 0 unspecified atom stereocenters. The Morgan fingerprint density at radius 3 is 2.45 bits per heavy atom. The third kappa shape index (κ3) is 5.52. The first-order valence-electron chi connectivity index (χ1n) is 12.5. The van der Waals surface area contributed by atoms with Crippen LogP contribution >= 0.6 is 0 Å². The highest BCUT2D eigenvalue weighted by Crippen LogP contribution is 2.30. The van der Waals surface area contributed by atoms with Crippen LogP contribution in [0.3, 0.4) is 0 Å². The van der Waals surface area contributed by atoms with E-state index >= 15 is 0 Å². The molecule has 0 aliphatic heterocycles. The van der Waals surface area contributed by atoms with Crippen LogP contribution in [-0.2, 0) is 18.3 Å². The minimum atomic E-state index is -1.32. The number of rotatable bonds is 9. The standard InChI is InChI=1S/C31H34N2O5/c1-19(22-10-8-11-24(17-22)37-6)32-29(34)23-13-14-26-27(20(2)33(5)28(26)18-23)16-21-9-7-12-25(15-21)38-31(3,4)30(35)36/h7-15,17-19H,16H2,1-6H3,(H,32,34)(H,35,36)/t19-/m0/s1. The zero-order chi connectivity index (χ0) is 27.6. The van der Waals surface area contributed by atoms with Gasteiger partial charge in [-0.3, -0.25) is 4.79 Å². The van der Waals surface area contributed by atoms with E-state index in [1.54, 1.807) is 13.2 Å². The first kappa shape index (κ1) is 26.8. The number of ether oxygens (including phenoxy) is 2. The molecule has 0 spiro atoms. The third-order valence-corrected chi connectivity index (χ3v) is 7.00. The molecule has 0 fully saturated rings. The van der Waals surface area contributed by atoms with Crippen LogP contribution in [-0.4, -0.2) is 34.3 Å². The fourth-order valence-corrected chi connectivity index (χ4v) is 4.54. The van der Waals surface area contributed by atoms with Crippen molar-refractivity contribution in [2.45, 2.75) is 45.8 Å². The maximum atomic E-state index is 13.1. The maximum Gasteiger partial charge on any atom is 0.347 e. The van der Waals surface area contributed by atoms with Gasteiger partial charge < -0.3 is 24.5 Å². The van der Waals surface area contributed by atoms with Gasteiger partial charge >= 0.3 is 5.97 Å². The lowest BCUT2D eigenvalue weighted by molar-refractivity contribution is -0.152. The molecule has 2 N–H and O–H groups in total. The quantitative estimate of drug-likeness (QED) is 0.294. The second-order valence-corrected chi connectivity index (χ2v) is 10.1. The van der Waals surface area contributed by atoms with Crippen molar-refractivity contribution in [2.75, 3.05) is 7.11 Å². The molecule has 3 aromatic carbocycles. The van der Waals surface area contributed by atoms with Gasteiger partial charge in [-0.25, -0.2) is 4.79 Å². The summed E-state index contributed by atoms with van der Waals surface area (Å²) >= 11 is 0. The molecule has 7 heteroatoms. The predicted molar refractivity (Wildman–Crippen MR) is 148 cm³/mol.